The molecule has 7 heteroatoms. The molecule has 0 aliphatic heterocycles. The lowest BCUT2D eigenvalue weighted by molar-refractivity contribution is 1.08. The summed E-state index contributed by atoms with van der Waals surface area (Å²) >= 11 is 13.4. The summed E-state index contributed by atoms with van der Waals surface area (Å²) in [6.07, 6.45) is 3.08. The van der Waals surface area contributed by atoms with E-state index < -0.39 is 0 Å². The SMILES string of the molecule is Clc1cc(Cl)cc(Sc2ncnc3nc[nH]c23)c1. The van der Waals surface area contributed by atoms with Gasteiger partial charge in [-0.25, -0.2) is 15.0 Å². The Hall–Kier alpha value is -1.30. The fourth-order valence-corrected chi connectivity index (χ4v) is 3.12. The molecule has 3 rings (SSSR count). The summed E-state index contributed by atoms with van der Waals surface area (Å²) in [5.74, 6) is 0. The number of nitrogens with zero attached hydrogens (tertiary/aromatic N) is 3. The number of hydrogen-bond donors (Lipinski definition) is 1. The minimum atomic E-state index is 0.597. The number of rotatable bonds is 2. The Morgan fingerprint density at radius 3 is 2.56 bits per heavy atom. The smallest absolute Gasteiger partial charge is 0.181 e. The van der Waals surface area contributed by atoms with E-state index in [4.69, 9.17) is 23.2 Å². The first kappa shape index (κ1) is 11.8. The zero-order valence-corrected chi connectivity index (χ0v) is 11.2. The van der Waals surface area contributed by atoms with Crippen molar-refractivity contribution in [2.75, 3.05) is 0 Å². The highest BCUT2D eigenvalue weighted by atomic mass is 35.5. The van der Waals surface area contributed by atoms with Crippen LogP contribution in [-0.4, -0.2) is 19.9 Å². The van der Waals surface area contributed by atoms with Gasteiger partial charge in [0.25, 0.3) is 0 Å². The van der Waals surface area contributed by atoms with Crippen LogP contribution in [0.15, 0.2) is 40.8 Å². The first-order chi connectivity index (χ1) is 8.72. The number of benzene rings is 1. The van der Waals surface area contributed by atoms with Crippen LogP contribution in [0.1, 0.15) is 0 Å². The zero-order chi connectivity index (χ0) is 12.5. The van der Waals surface area contributed by atoms with E-state index in [0.29, 0.717) is 15.7 Å². The van der Waals surface area contributed by atoms with Crippen molar-refractivity contribution in [3.8, 4) is 0 Å². The van der Waals surface area contributed by atoms with Crippen LogP contribution >= 0.6 is 35.0 Å². The Bertz CT molecular complexity index is 693. The summed E-state index contributed by atoms with van der Waals surface area (Å²) in [4.78, 5) is 16.3. The molecule has 0 aliphatic rings. The van der Waals surface area contributed by atoms with Crippen molar-refractivity contribution >= 4 is 46.1 Å². The molecule has 90 valence electrons. The Morgan fingerprint density at radius 2 is 1.78 bits per heavy atom. The standard InChI is InChI=1S/C11H6Cl2N4S/c12-6-1-7(13)3-8(2-6)18-11-9-10(15-4-14-9)16-5-17-11/h1-5H,(H,14,15,16,17). The molecule has 0 amide bonds. The topological polar surface area (TPSA) is 54.5 Å². The van der Waals surface area contributed by atoms with E-state index in [2.05, 4.69) is 19.9 Å². The van der Waals surface area contributed by atoms with Gasteiger partial charge in [-0.15, -0.1) is 0 Å². The number of nitrogens with one attached hydrogen (secondary N) is 1. The highest BCUT2D eigenvalue weighted by Crippen LogP contribution is 2.33. The molecule has 0 fully saturated rings. The molecule has 0 saturated carbocycles. The molecule has 0 bridgehead atoms. The van der Waals surface area contributed by atoms with Crippen molar-refractivity contribution in [2.24, 2.45) is 0 Å². The average molecular weight is 297 g/mol. The van der Waals surface area contributed by atoms with Crippen LogP contribution in [0.25, 0.3) is 11.2 Å². The number of halogens is 2. The summed E-state index contributed by atoms with van der Waals surface area (Å²) in [5, 5.41) is 1.98. The number of fused-ring (bicyclic) bond motifs is 1. The number of imidazole rings is 1. The van der Waals surface area contributed by atoms with Crippen LogP contribution in [0, 0.1) is 0 Å². The van der Waals surface area contributed by atoms with E-state index in [1.807, 2.05) is 12.1 Å². The van der Waals surface area contributed by atoms with Gasteiger partial charge in [-0.1, -0.05) is 35.0 Å². The minimum Gasteiger partial charge on any atom is -0.341 e. The molecule has 1 aromatic carbocycles. The van der Waals surface area contributed by atoms with Gasteiger partial charge in [0.15, 0.2) is 5.65 Å². The Morgan fingerprint density at radius 1 is 1.00 bits per heavy atom. The maximum Gasteiger partial charge on any atom is 0.181 e. The molecule has 18 heavy (non-hydrogen) atoms. The zero-order valence-electron chi connectivity index (χ0n) is 8.89. The average Bonchev–Trinajstić information content (AvgIpc) is 2.76. The number of H-pyrrole nitrogens is 1. The van der Waals surface area contributed by atoms with Gasteiger partial charge in [-0.3, -0.25) is 0 Å². The molecule has 0 radical (unpaired) electrons. The van der Waals surface area contributed by atoms with E-state index in [0.717, 1.165) is 15.4 Å². The van der Waals surface area contributed by atoms with Crippen LogP contribution in [0.2, 0.25) is 10.0 Å². The monoisotopic (exact) mass is 296 g/mol. The Balaban J connectivity index is 2.03. The van der Waals surface area contributed by atoms with E-state index in [9.17, 15) is 0 Å². The quantitative estimate of drug-likeness (QED) is 0.731. The van der Waals surface area contributed by atoms with E-state index >= 15 is 0 Å². The Kier molecular flexibility index (Phi) is 3.11. The Labute approximate surface area is 117 Å². The van der Waals surface area contributed by atoms with Crippen molar-refractivity contribution in [1.82, 2.24) is 19.9 Å². The normalized spacial score (nSPS) is 11.0. The molecule has 0 unspecified atom stereocenters. The molecule has 0 saturated heterocycles. The molecule has 0 aliphatic carbocycles. The van der Waals surface area contributed by atoms with Gasteiger partial charge < -0.3 is 4.98 Å². The fourth-order valence-electron chi connectivity index (χ4n) is 1.52. The van der Waals surface area contributed by atoms with Crippen LogP contribution in [0.5, 0.6) is 0 Å². The van der Waals surface area contributed by atoms with Crippen molar-refractivity contribution in [3.05, 3.63) is 40.9 Å². The summed E-state index contributed by atoms with van der Waals surface area (Å²) in [7, 11) is 0. The first-order valence-corrected chi connectivity index (χ1v) is 6.57. The van der Waals surface area contributed by atoms with E-state index in [1.54, 1.807) is 12.4 Å². The predicted octanol–water partition coefficient (Wildman–Crippen LogP) is 3.81. The highest BCUT2D eigenvalue weighted by Gasteiger charge is 2.08. The van der Waals surface area contributed by atoms with Gasteiger partial charge in [0.2, 0.25) is 0 Å². The number of aromatic nitrogens is 4. The molecule has 2 heterocycles. The molecule has 4 nitrogen and oxygen atoms in total. The second-order valence-corrected chi connectivity index (χ2v) is 5.42. The maximum atomic E-state index is 5.96. The van der Waals surface area contributed by atoms with Crippen LogP contribution < -0.4 is 0 Å². The summed E-state index contributed by atoms with van der Waals surface area (Å²) in [6.45, 7) is 0. The van der Waals surface area contributed by atoms with Gasteiger partial charge in [-0.2, -0.15) is 0 Å². The third-order valence-corrected chi connectivity index (χ3v) is 3.65. The van der Waals surface area contributed by atoms with Crippen LogP contribution in [0.3, 0.4) is 0 Å². The second kappa shape index (κ2) is 4.76. The third kappa shape index (κ3) is 2.29. The van der Waals surface area contributed by atoms with Crippen molar-refractivity contribution in [3.63, 3.8) is 0 Å². The summed E-state index contributed by atoms with van der Waals surface area (Å²) in [5.41, 5.74) is 1.44. The van der Waals surface area contributed by atoms with E-state index in [-0.39, 0.29) is 0 Å². The van der Waals surface area contributed by atoms with Crippen molar-refractivity contribution in [1.29, 1.82) is 0 Å². The summed E-state index contributed by atoms with van der Waals surface area (Å²) in [6, 6.07) is 5.36. The molecule has 0 spiro atoms. The van der Waals surface area contributed by atoms with Gasteiger partial charge in [-0.05, 0) is 18.2 Å². The largest absolute Gasteiger partial charge is 0.341 e. The third-order valence-electron chi connectivity index (χ3n) is 2.24. The predicted molar refractivity (Wildman–Crippen MR) is 72.3 cm³/mol. The van der Waals surface area contributed by atoms with Gasteiger partial charge >= 0.3 is 0 Å². The van der Waals surface area contributed by atoms with Crippen molar-refractivity contribution < 1.29 is 0 Å². The maximum absolute atomic E-state index is 5.96. The highest BCUT2D eigenvalue weighted by molar-refractivity contribution is 7.99. The molecular formula is C11H6Cl2N4S. The molecular weight excluding hydrogens is 291 g/mol. The van der Waals surface area contributed by atoms with Crippen LogP contribution in [-0.2, 0) is 0 Å². The number of hydrogen-bond acceptors (Lipinski definition) is 4. The van der Waals surface area contributed by atoms with Gasteiger partial charge in [0.05, 0.1) is 6.33 Å². The molecule has 3 aromatic rings. The minimum absolute atomic E-state index is 0.597. The fraction of sp³-hybridized carbons (Fsp3) is 0. The van der Waals surface area contributed by atoms with Gasteiger partial charge in [0.1, 0.15) is 16.9 Å². The number of aromatic amines is 1. The van der Waals surface area contributed by atoms with Crippen molar-refractivity contribution in [2.45, 2.75) is 9.92 Å². The summed E-state index contributed by atoms with van der Waals surface area (Å²) < 4.78 is 0. The lowest BCUT2D eigenvalue weighted by Gasteiger charge is -2.03. The second-order valence-electron chi connectivity index (χ2n) is 3.49. The van der Waals surface area contributed by atoms with Gasteiger partial charge in [0, 0.05) is 14.9 Å². The molecule has 0 atom stereocenters. The lowest BCUT2D eigenvalue weighted by atomic mass is 10.4. The molecule has 2 aromatic heterocycles. The van der Waals surface area contributed by atoms with Crippen LogP contribution in [0.4, 0.5) is 0 Å². The van der Waals surface area contributed by atoms with E-state index in [1.165, 1.54) is 18.1 Å². The first-order valence-electron chi connectivity index (χ1n) is 5.00. The lowest BCUT2D eigenvalue weighted by Crippen LogP contribution is -1.85. The molecule has 1 N–H and O–H groups in total.